The van der Waals surface area contributed by atoms with Crippen molar-refractivity contribution < 1.29 is 4.79 Å². The molecule has 1 atom stereocenters. The Kier molecular flexibility index (Phi) is 4.80. The molecule has 1 amide bonds. The molecule has 2 heterocycles. The molecular weight excluding hydrogens is 214 g/mol. The van der Waals surface area contributed by atoms with Crippen LogP contribution in [0.1, 0.15) is 32.6 Å². The standard InChI is InChI=1S/C13H25N3O/c1-2-14-9-11-5-7-16(8-6-11)10-12-3-4-13(17)15-12/h11-12,14H,2-10H2,1H3,(H,15,17). The van der Waals surface area contributed by atoms with Gasteiger partial charge in [0.1, 0.15) is 0 Å². The van der Waals surface area contributed by atoms with Gasteiger partial charge in [0.2, 0.25) is 5.91 Å². The number of rotatable bonds is 5. The molecule has 0 spiro atoms. The highest BCUT2D eigenvalue weighted by Crippen LogP contribution is 2.18. The van der Waals surface area contributed by atoms with Crippen molar-refractivity contribution in [2.45, 2.75) is 38.6 Å². The van der Waals surface area contributed by atoms with Crippen LogP contribution in [0.4, 0.5) is 0 Å². The lowest BCUT2D eigenvalue weighted by atomic mass is 9.96. The molecule has 0 aliphatic carbocycles. The van der Waals surface area contributed by atoms with Gasteiger partial charge >= 0.3 is 0 Å². The fraction of sp³-hybridized carbons (Fsp3) is 0.923. The average molecular weight is 239 g/mol. The first-order chi connectivity index (χ1) is 8.28. The zero-order chi connectivity index (χ0) is 12.1. The molecule has 0 aromatic rings. The molecule has 2 aliphatic rings. The molecular formula is C13H25N3O. The van der Waals surface area contributed by atoms with Crippen LogP contribution in [-0.2, 0) is 4.79 Å². The number of hydrogen-bond acceptors (Lipinski definition) is 3. The summed E-state index contributed by atoms with van der Waals surface area (Å²) in [5.41, 5.74) is 0. The first-order valence-electron chi connectivity index (χ1n) is 7.00. The Morgan fingerprint density at radius 1 is 1.35 bits per heavy atom. The summed E-state index contributed by atoms with van der Waals surface area (Å²) in [6.45, 7) is 7.86. The van der Waals surface area contributed by atoms with E-state index in [1.807, 2.05) is 0 Å². The van der Waals surface area contributed by atoms with E-state index in [0.29, 0.717) is 6.04 Å². The summed E-state index contributed by atoms with van der Waals surface area (Å²) in [6, 6.07) is 0.410. The van der Waals surface area contributed by atoms with Gasteiger partial charge in [-0.15, -0.1) is 0 Å². The van der Waals surface area contributed by atoms with E-state index >= 15 is 0 Å². The van der Waals surface area contributed by atoms with Crippen LogP contribution in [0.3, 0.4) is 0 Å². The molecule has 0 aromatic carbocycles. The number of likely N-dealkylation sites (tertiary alicyclic amines) is 1. The smallest absolute Gasteiger partial charge is 0.220 e. The van der Waals surface area contributed by atoms with Gasteiger partial charge in [0.05, 0.1) is 0 Å². The van der Waals surface area contributed by atoms with Crippen LogP contribution in [0.25, 0.3) is 0 Å². The van der Waals surface area contributed by atoms with Gasteiger partial charge in [-0.05, 0) is 51.4 Å². The SMILES string of the molecule is CCNCC1CCN(CC2CCC(=O)N2)CC1. The number of carbonyl (C=O) groups excluding carboxylic acids is 1. The average Bonchev–Trinajstić information content (AvgIpc) is 2.74. The molecule has 2 saturated heterocycles. The fourth-order valence-corrected chi connectivity index (χ4v) is 2.85. The van der Waals surface area contributed by atoms with Crippen molar-refractivity contribution in [2.24, 2.45) is 5.92 Å². The summed E-state index contributed by atoms with van der Waals surface area (Å²) < 4.78 is 0. The monoisotopic (exact) mass is 239 g/mol. The van der Waals surface area contributed by atoms with E-state index in [2.05, 4.69) is 22.5 Å². The quantitative estimate of drug-likeness (QED) is 0.738. The lowest BCUT2D eigenvalue weighted by Crippen LogP contribution is -2.43. The molecule has 0 saturated carbocycles. The highest BCUT2D eigenvalue weighted by atomic mass is 16.1. The Labute approximate surface area is 104 Å². The van der Waals surface area contributed by atoms with E-state index < -0.39 is 0 Å². The summed E-state index contributed by atoms with van der Waals surface area (Å²) in [6.07, 6.45) is 4.35. The summed E-state index contributed by atoms with van der Waals surface area (Å²) >= 11 is 0. The van der Waals surface area contributed by atoms with Crippen LogP contribution < -0.4 is 10.6 Å². The van der Waals surface area contributed by atoms with E-state index in [-0.39, 0.29) is 5.91 Å². The number of piperidine rings is 1. The fourth-order valence-electron chi connectivity index (χ4n) is 2.85. The predicted molar refractivity (Wildman–Crippen MR) is 68.9 cm³/mol. The molecule has 0 bridgehead atoms. The van der Waals surface area contributed by atoms with Gasteiger partial charge in [-0.1, -0.05) is 6.92 Å². The molecule has 4 nitrogen and oxygen atoms in total. The third-order valence-corrected chi connectivity index (χ3v) is 3.95. The molecule has 2 rings (SSSR count). The molecule has 2 N–H and O–H groups in total. The van der Waals surface area contributed by atoms with E-state index in [9.17, 15) is 4.79 Å². The van der Waals surface area contributed by atoms with E-state index in [1.54, 1.807) is 0 Å². The number of nitrogens with zero attached hydrogens (tertiary/aromatic N) is 1. The van der Waals surface area contributed by atoms with Crippen molar-refractivity contribution in [1.29, 1.82) is 0 Å². The van der Waals surface area contributed by atoms with Gasteiger partial charge in [-0.2, -0.15) is 0 Å². The Morgan fingerprint density at radius 2 is 2.12 bits per heavy atom. The van der Waals surface area contributed by atoms with Gasteiger partial charge in [-0.3, -0.25) is 4.79 Å². The van der Waals surface area contributed by atoms with Crippen LogP contribution in [0, 0.1) is 5.92 Å². The number of amides is 1. The minimum atomic E-state index is 0.233. The topological polar surface area (TPSA) is 44.4 Å². The van der Waals surface area contributed by atoms with Crippen LogP contribution in [0.15, 0.2) is 0 Å². The zero-order valence-electron chi connectivity index (χ0n) is 10.9. The van der Waals surface area contributed by atoms with Crippen molar-refractivity contribution in [3.05, 3.63) is 0 Å². The maximum absolute atomic E-state index is 11.1. The third kappa shape index (κ3) is 3.96. The van der Waals surface area contributed by atoms with Crippen LogP contribution in [0.2, 0.25) is 0 Å². The molecule has 1 unspecified atom stereocenters. The number of hydrogen-bond donors (Lipinski definition) is 2. The van der Waals surface area contributed by atoms with Gasteiger partial charge in [-0.25, -0.2) is 0 Å². The molecule has 17 heavy (non-hydrogen) atoms. The van der Waals surface area contributed by atoms with Gasteiger partial charge in [0.25, 0.3) is 0 Å². The Morgan fingerprint density at radius 3 is 2.71 bits per heavy atom. The van der Waals surface area contributed by atoms with Crippen molar-refractivity contribution >= 4 is 5.91 Å². The van der Waals surface area contributed by atoms with Gasteiger partial charge in [0, 0.05) is 19.0 Å². The molecule has 2 aliphatic heterocycles. The summed E-state index contributed by atoms with van der Waals surface area (Å²) in [4.78, 5) is 13.6. The number of carbonyl (C=O) groups is 1. The molecule has 98 valence electrons. The molecule has 0 aromatic heterocycles. The minimum Gasteiger partial charge on any atom is -0.352 e. The zero-order valence-corrected chi connectivity index (χ0v) is 10.9. The van der Waals surface area contributed by atoms with Gasteiger partial charge < -0.3 is 15.5 Å². The second kappa shape index (κ2) is 6.36. The normalized spacial score (nSPS) is 27.4. The second-order valence-electron chi connectivity index (χ2n) is 5.35. The second-order valence-corrected chi connectivity index (χ2v) is 5.35. The van der Waals surface area contributed by atoms with Crippen LogP contribution >= 0.6 is 0 Å². The lowest BCUT2D eigenvalue weighted by molar-refractivity contribution is -0.119. The molecule has 2 fully saturated rings. The Balaban J connectivity index is 1.63. The van der Waals surface area contributed by atoms with Crippen LogP contribution in [0.5, 0.6) is 0 Å². The Hall–Kier alpha value is -0.610. The molecule has 4 heteroatoms. The van der Waals surface area contributed by atoms with Crippen molar-refractivity contribution in [2.75, 3.05) is 32.7 Å². The predicted octanol–water partition coefficient (Wildman–Crippen LogP) is 0.587. The third-order valence-electron chi connectivity index (χ3n) is 3.95. The maximum Gasteiger partial charge on any atom is 0.220 e. The number of nitrogens with one attached hydrogen (secondary N) is 2. The van der Waals surface area contributed by atoms with Gasteiger partial charge in [0.15, 0.2) is 0 Å². The van der Waals surface area contributed by atoms with E-state index in [0.717, 1.165) is 31.8 Å². The first-order valence-corrected chi connectivity index (χ1v) is 7.00. The summed E-state index contributed by atoms with van der Waals surface area (Å²) in [5.74, 6) is 1.08. The molecule has 0 radical (unpaired) electrons. The van der Waals surface area contributed by atoms with Crippen molar-refractivity contribution in [3.8, 4) is 0 Å². The maximum atomic E-state index is 11.1. The highest BCUT2D eigenvalue weighted by Gasteiger charge is 2.25. The lowest BCUT2D eigenvalue weighted by Gasteiger charge is -2.33. The summed E-state index contributed by atoms with van der Waals surface area (Å²) in [7, 11) is 0. The largest absolute Gasteiger partial charge is 0.352 e. The minimum absolute atomic E-state index is 0.233. The highest BCUT2D eigenvalue weighted by molar-refractivity contribution is 5.78. The van der Waals surface area contributed by atoms with E-state index in [4.69, 9.17) is 0 Å². The summed E-state index contributed by atoms with van der Waals surface area (Å²) in [5, 5.41) is 6.49. The Bertz CT molecular complexity index is 249. The van der Waals surface area contributed by atoms with Crippen molar-refractivity contribution in [3.63, 3.8) is 0 Å². The van der Waals surface area contributed by atoms with E-state index in [1.165, 1.54) is 32.5 Å². The van der Waals surface area contributed by atoms with Crippen LogP contribution in [-0.4, -0.2) is 49.6 Å². The first kappa shape index (κ1) is 12.8. The van der Waals surface area contributed by atoms with Crippen molar-refractivity contribution in [1.82, 2.24) is 15.5 Å².